The Kier molecular flexibility index (Phi) is 6.16. The van der Waals surface area contributed by atoms with Gasteiger partial charge in [-0.3, -0.25) is 0 Å². The first-order chi connectivity index (χ1) is 12.8. The predicted octanol–water partition coefficient (Wildman–Crippen LogP) is 6.93. The van der Waals surface area contributed by atoms with Crippen LogP contribution in [0, 0.1) is 0 Å². The second-order valence-electron chi connectivity index (χ2n) is 5.57. The van der Waals surface area contributed by atoms with Crippen molar-refractivity contribution in [1.29, 1.82) is 0 Å². The van der Waals surface area contributed by atoms with Gasteiger partial charge in [0.05, 0.1) is 18.0 Å². The summed E-state index contributed by atoms with van der Waals surface area (Å²) in [6.07, 6.45) is 0. The SMILES string of the molecule is COc1ccc([S+](c2ccccc2)c2ccccc2)cc1.F[As-](F)(F)(F)(F)F. The normalized spacial score (nSPS) is 13.7. The molecule has 0 aliphatic carbocycles. The van der Waals surface area contributed by atoms with E-state index in [1.54, 1.807) is 7.11 Å². The summed E-state index contributed by atoms with van der Waals surface area (Å²) in [5.74, 6) is 0.892. The van der Waals surface area contributed by atoms with Gasteiger partial charge in [0.1, 0.15) is 5.75 Å². The molecule has 0 saturated heterocycles. The van der Waals surface area contributed by atoms with Gasteiger partial charge < -0.3 is 4.74 Å². The van der Waals surface area contributed by atoms with Crippen LogP contribution in [0.1, 0.15) is 0 Å². The summed E-state index contributed by atoms with van der Waals surface area (Å²) >= 11 is -11.1. The zero-order valence-corrected chi connectivity index (χ0v) is 17.3. The Morgan fingerprint density at radius 3 is 1.21 bits per heavy atom. The molecule has 0 aliphatic heterocycles. The van der Waals surface area contributed by atoms with Crippen LogP contribution in [-0.4, -0.2) is 21.3 Å². The average Bonchev–Trinajstić information content (AvgIpc) is 2.62. The topological polar surface area (TPSA) is 9.23 Å². The van der Waals surface area contributed by atoms with Gasteiger partial charge in [0.25, 0.3) is 0 Å². The van der Waals surface area contributed by atoms with E-state index in [1.807, 2.05) is 12.1 Å². The van der Waals surface area contributed by atoms with E-state index in [2.05, 4.69) is 72.8 Å². The zero-order chi connectivity index (χ0) is 20.9. The van der Waals surface area contributed by atoms with Crippen LogP contribution < -0.4 is 4.74 Å². The number of rotatable bonds is 4. The van der Waals surface area contributed by atoms with E-state index in [4.69, 9.17) is 4.74 Å². The molecule has 28 heavy (non-hydrogen) atoms. The fraction of sp³-hybridized carbons (Fsp3) is 0.0526. The average molecular weight is 482 g/mol. The maximum absolute atomic E-state index is 11.1. The molecule has 0 amide bonds. The molecule has 1 nitrogen and oxygen atoms in total. The third kappa shape index (κ3) is 8.76. The molecular weight excluding hydrogens is 465 g/mol. The molecule has 0 radical (unpaired) electrons. The van der Waals surface area contributed by atoms with Gasteiger partial charge in [-0.05, 0) is 48.5 Å². The molecule has 0 N–H and O–H groups in total. The summed E-state index contributed by atoms with van der Waals surface area (Å²) in [5, 5.41) is 0. The van der Waals surface area contributed by atoms with E-state index in [-0.39, 0.29) is 10.9 Å². The Morgan fingerprint density at radius 2 is 0.893 bits per heavy atom. The molecular formula is C19H17AsF6OS. The Labute approximate surface area is 163 Å². The summed E-state index contributed by atoms with van der Waals surface area (Å²) in [6, 6.07) is 29.7. The third-order valence-corrected chi connectivity index (χ3v) is 5.48. The van der Waals surface area contributed by atoms with E-state index < -0.39 is 14.2 Å². The summed E-state index contributed by atoms with van der Waals surface area (Å²) < 4.78 is 64.7. The van der Waals surface area contributed by atoms with Crippen LogP contribution in [0.4, 0.5) is 20.8 Å². The van der Waals surface area contributed by atoms with Gasteiger partial charge in [-0.25, -0.2) is 0 Å². The van der Waals surface area contributed by atoms with E-state index in [9.17, 15) is 20.8 Å². The van der Waals surface area contributed by atoms with Crippen LogP contribution in [0.3, 0.4) is 0 Å². The monoisotopic (exact) mass is 482 g/mol. The van der Waals surface area contributed by atoms with Crippen molar-refractivity contribution >= 4 is 25.1 Å². The first kappa shape index (κ1) is 22.2. The predicted molar refractivity (Wildman–Crippen MR) is 100 cm³/mol. The molecule has 0 bridgehead atoms. The molecule has 0 saturated carbocycles. The van der Waals surface area contributed by atoms with Gasteiger partial charge in [-0.2, -0.15) is 0 Å². The van der Waals surface area contributed by atoms with Crippen molar-refractivity contribution in [3.63, 3.8) is 0 Å². The Bertz CT molecular complexity index is 834. The first-order valence-corrected chi connectivity index (χ1v) is 13.4. The summed E-state index contributed by atoms with van der Waals surface area (Å²) in [4.78, 5) is 3.95. The minimum atomic E-state index is -11.1. The van der Waals surface area contributed by atoms with E-state index in [0.717, 1.165) is 5.75 Å². The third-order valence-electron chi connectivity index (χ3n) is 3.25. The Hall–Kier alpha value is -2.05. The van der Waals surface area contributed by atoms with E-state index in [0.29, 0.717) is 0 Å². The van der Waals surface area contributed by atoms with Gasteiger partial charge in [-0.1, -0.05) is 36.4 Å². The first-order valence-electron chi connectivity index (χ1n) is 7.88. The number of hydrogen-bond acceptors (Lipinski definition) is 1. The molecule has 3 rings (SSSR count). The number of halogens is 6. The number of ether oxygens (including phenoxy) is 1. The molecule has 3 aromatic rings. The summed E-state index contributed by atoms with van der Waals surface area (Å²) in [7, 11) is 1.62. The van der Waals surface area contributed by atoms with Crippen LogP contribution in [0.25, 0.3) is 0 Å². The van der Waals surface area contributed by atoms with Gasteiger partial charge in [-0.15, -0.1) is 0 Å². The van der Waals surface area contributed by atoms with E-state index in [1.165, 1.54) is 14.7 Å². The molecule has 0 fully saturated rings. The van der Waals surface area contributed by atoms with Crippen LogP contribution in [0.5, 0.6) is 5.75 Å². The van der Waals surface area contributed by atoms with E-state index >= 15 is 0 Å². The van der Waals surface area contributed by atoms with Gasteiger partial charge >= 0.3 is 35.0 Å². The van der Waals surface area contributed by atoms with Crippen molar-refractivity contribution in [2.75, 3.05) is 7.11 Å². The molecule has 0 unspecified atom stereocenters. The van der Waals surface area contributed by atoms with Crippen LogP contribution in [-0.2, 0) is 10.9 Å². The van der Waals surface area contributed by atoms with Crippen molar-refractivity contribution in [3.05, 3.63) is 84.9 Å². The molecule has 0 aromatic heterocycles. The van der Waals surface area contributed by atoms with Crippen LogP contribution in [0.2, 0.25) is 0 Å². The van der Waals surface area contributed by atoms with Crippen LogP contribution >= 0.6 is 0 Å². The molecule has 3 aromatic carbocycles. The molecule has 0 atom stereocenters. The van der Waals surface area contributed by atoms with Crippen molar-refractivity contribution in [2.24, 2.45) is 0 Å². The number of hydrogen-bond donors (Lipinski definition) is 0. The second kappa shape index (κ2) is 7.76. The number of benzene rings is 3. The van der Waals surface area contributed by atoms with Crippen molar-refractivity contribution in [1.82, 2.24) is 0 Å². The maximum atomic E-state index is 9.91. The fourth-order valence-corrected chi connectivity index (χ4v) is 4.32. The Balaban J connectivity index is 0.000000345. The quantitative estimate of drug-likeness (QED) is 0.223. The Morgan fingerprint density at radius 1 is 0.571 bits per heavy atom. The summed E-state index contributed by atoms with van der Waals surface area (Å²) in [5.41, 5.74) is 0. The van der Waals surface area contributed by atoms with Crippen LogP contribution in [0.15, 0.2) is 99.6 Å². The minimum absolute atomic E-state index is 0.0804. The summed E-state index contributed by atoms with van der Waals surface area (Å²) in [6.45, 7) is 0. The van der Waals surface area contributed by atoms with Crippen molar-refractivity contribution in [2.45, 2.75) is 14.7 Å². The van der Waals surface area contributed by atoms with Gasteiger partial charge in [0.15, 0.2) is 14.7 Å². The van der Waals surface area contributed by atoms with Crippen molar-refractivity contribution in [3.8, 4) is 5.75 Å². The molecule has 0 aliphatic rings. The molecule has 9 heteroatoms. The second-order valence-corrected chi connectivity index (χ2v) is 11.6. The molecule has 0 heterocycles. The number of methoxy groups -OCH3 is 1. The van der Waals surface area contributed by atoms with Gasteiger partial charge in [0.2, 0.25) is 0 Å². The van der Waals surface area contributed by atoms with Crippen molar-refractivity contribution < 1.29 is 25.5 Å². The molecule has 0 spiro atoms. The molecule has 152 valence electrons. The fourth-order valence-electron chi connectivity index (χ4n) is 2.23. The van der Waals surface area contributed by atoms with Gasteiger partial charge in [0, 0.05) is 0 Å². The standard InChI is InChI=1S/C19H17OS.AsF6/c1-20-16-12-14-19(15-13-16)21(17-8-4-2-5-9-17)18-10-6-3-7-11-18;2-1(3,4,5,6)7/h2-15H,1H3;/q+1;-1. The zero-order valence-electron chi connectivity index (χ0n) is 14.6.